The van der Waals surface area contributed by atoms with Gasteiger partial charge in [0.15, 0.2) is 5.82 Å². The van der Waals surface area contributed by atoms with Crippen molar-refractivity contribution in [2.75, 3.05) is 0 Å². The Hall–Kier alpha value is -7.30. The third-order valence-electron chi connectivity index (χ3n) is 10.8. The molecule has 0 aliphatic carbocycles. The minimum absolute atomic E-state index is 0.699. The van der Waals surface area contributed by atoms with Gasteiger partial charge >= 0.3 is 0 Å². The Morgan fingerprint density at radius 2 is 1.09 bits per heavy atom. The molecule has 4 nitrogen and oxygen atoms in total. The number of para-hydroxylation sites is 3. The molecule has 0 radical (unpaired) electrons. The van der Waals surface area contributed by atoms with Crippen LogP contribution < -0.4 is 0 Å². The fourth-order valence-corrected chi connectivity index (χ4v) is 8.25. The van der Waals surface area contributed by atoms with Gasteiger partial charge in [0.2, 0.25) is 0 Å². The van der Waals surface area contributed by atoms with Crippen LogP contribution in [0.15, 0.2) is 194 Å². The highest BCUT2D eigenvalue weighted by atomic mass is 15.0. The van der Waals surface area contributed by atoms with E-state index < -0.39 is 0 Å². The van der Waals surface area contributed by atoms with Crippen molar-refractivity contribution in [2.45, 2.75) is 0 Å². The lowest BCUT2D eigenvalue weighted by Gasteiger charge is -2.13. The van der Waals surface area contributed by atoms with Crippen molar-refractivity contribution in [1.82, 2.24) is 19.1 Å². The Morgan fingerprint density at radius 3 is 1.98 bits per heavy atom. The van der Waals surface area contributed by atoms with Crippen molar-refractivity contribution in [3.8, 4) is 45.1 Å². The second-order valence-corrected chi connectivity index (χ2v) is 13.8. The van der Waals surface area contributed by atoms with E-state index >= 15 is 0 Å². The van der Waals surface area contributed by atoms with Crippen molar-refractivity contribution < 1.29 is 0 Å². The molecule has 0 bridgehead atoms. The van der Waals surface area contributed by atoms with Crippen LogP contribution in [0, 0.1) is 0 Å². The molecule has 0 aliphatic rings. The molecule has 0 saturated heterocycles. The molecule has 11 aromatic rings. The van der Waals surface area contributed by atoms with Crippen LogP contribution in [0.4, 0.5) is 0 Å². The summed E-state index contributed by atoms with van der Waals surface area (Å²) in [5.41, 5.74) is 12.0. The second-order valence-electron chi connectivity index (χ2n) is 13.8. The number of benzene rings is 8. The topological polar surface area (TPSA) is 35.6 Å². The molecule has 0 spiro atoms. The molecule has 0 atom stereocenters. The summed E-state index contributed by atoms with van der Waals surface area (Å²) >= 11 is 0. The number of fused-ring (bicyclic) bond motifs is 7. The molecular formula is C50H32N4. The van der Waals surface area contributed by atoms with E-state index in [0.717, 1.165) is 44.6 Å². The van der Waals surface area contributed by atoms with Crippen LogP contribution in [-0.4, -0.2) is 19.1 Å². The van der Waals surface area contributed by atoms with Gasteiger partial charge in [0, 0.05) is 50.2 Å². The Bertz CT molecular complexity index is 3200. The number of nitrogens with zero attached hydrogens (tertiary/aromatic N) is 4. The monoisotopic (exact) mass is 688 g/mol. The van der Waals surface area contributed by atoms with Gasteiger partial charge in [0.05, 0.1) is 27.8 Å². The lowest BCUT2D eigenvalue weighted by atomic mass is 9.96. The summed E-state index contributed by atoms with van der Waals surface area (Å²) in [4.78, 5) is 10.4. The predicted octanol–water partition coefficient (Wildman–Crippen LogP) is 12.8. The Balaban J connectivity index is 1.06. The summed E-state index contributed by atoms with van der Waals surface area (Å²) < 4.78 is 4.67. The molecule has 0 amide bonds. The first-order valence-electron chi connectivity index (χ1n) is 18.3. The molecule has 11 rings (SSSR count). The van der Waals surface area contributed by atoms with Gasteiger partial charge in [0.1, 0.15) is 0 Å². The Kier molecular flexibility index (Phi) is 6.82. The van der Waals surface area contributed by atoms with Gasteiger partial charge < -0.3 is 9.13 Å². The highest BCUT2D eigenvalue weighted by molar-refractivity contribution is 6.18. The normalized spacial score (nSPS) is 11.7. The maximum absolute atomic E-state index is 5.30. The van der Waals surface area contributed by atoms with E-state index in [1.165, 1.54) is 49.1 Å². The van der Waals surface area contributed by atoms with Crippen LogP contribution in [0.25, 0.3) is 99.5 Å². The summed E-state index contributed by atoms with van der Waals surface area (Å²) in [6.45, 7) is 0. The van der Waals surface area contributed by atoms with Crippen molar-refractivity contribution in [3.63, 3.8) is 0 Å². The highest BCUT2D eigenvalue weighted by Crippen LogP contribution is 2.39. The molecule has 0 unspecified atom stereocenters. The Labute approximate surface area is 311 Å². The molecule has 252 valence electrons. The molecule has 0 saturated carbocycles. The van der Waals surface area contributed by atoms with Gasteiger partial charge in [-0.1, -0.05) is 140 Å². The zero-order chi connectivity index (χ0) is 35.6. The molecule has 3 aromatic heterocycles. The van der Waals surface area contributed by atoms with Crippen LogP contribution in [0.3, 0.4) is 0 Å². The lowest BCUT2D eigenvalue weighted by Crippen LogP contribution is -1.98. The summed E-state index contributed by atoms with van der Waals surface area (Å²) in [5, 5.41) is 7.18. The first kappa shape index (κ1) is 30.3. The largest absolute Gasteiger partial charge is 0.316 e. The lowest BCUT2D eigenvalue weighted by molar-refractivity contribution is 1.13. The average molecular weight is 689 g/mol. The first-order chi connectivity index (χ1) is 26.8. The first-order valence-corrected chi connectivity index (χ1v) is 18.3. The maximum atomic E-state index is 5.30. The molecule has 54 heavy (non-hydrogen) atoms. The van der Waals surface area contributed by atoms with Gasteiger partial charge in [-0.2, -0.15) is 0 Å². The van der Waals surface area contributed by atoms with Crippen molar-refractivity contribution in [2.24, 2.45) is 0 Å². The van der Waals surface area contributed by atoms with Crippen LogP contribution in [-0.2, 0) is 0 Å². The molecule has 8 aromatic carbocycles. The minimum Gasteiger partial charge on any atom is -0.316 e. The van der Waals surface area contributed by atoms with Crippen molar-refractivity contribution in [3.05, 3.63) is 194 Å². The van der Waals surface area contributed by atoms with Crippen LogP contribution in [0.2, 0.25) is 0 Å². The minimum atomic E-state index is 0.699. The van der Waals surface area contributed by atoms with Crippen LogP contribution in [0.5, 0.6) is 0 Å². The number of hydrogen-bond donors (Lipinski definition) is 0. The van der Waals surface area contributed by atoms with E-state index in [4.69, 9.17) is 9.97 Å². The standard InChI is InChI=1S/C50H32N4/c1-2-15-37(16-3-1)53-31-30-44-46(53)29-28-42-41-19-7-9-23-47(41)54(49(42)44)38-17-10-14-36(32-38)50-51-45-22-8-6-20-43(45)48(52-50)35-26-24-34(25-27-35)40-21-11-13-33-12-4-5-18-39(33)40/h1-32H. The van der Waals surface area contributed by atoms with E-state index in [-0.39, 0.29) is 0 Å². The Morgan fingerprint density at radius 1 is 0.389 bits per heavy atom. The molecule has 0 aliphatic heterocycles. The van der Waals surface area contributed by atoms with E-state index in [0.29, 0.717) is 5.82 Å². The van der Waals surface area contributed by atoms with Gasteiger partial charge in [-0.25, -0.2) is 9.97 Å². The zero-order valence-corrected chi connectivity index (χ0v) is 29.3. The predicted molar refractivity (Wildman–Crippen MR) is 225 cm³/mol. The van der Waals surface area contributed by atoms with Crippen molar-refractivity contribution in [1.29, 1.82) is 0 Å². The summed E-state index contributed by atoms with van der Waals surface area (Å²) in [7, 11) is 0. The van der Waals surface area contributed by atoms with E-state index in [1.54, 1.807) is 0 Å². The van der Waals surface area contributed by atoms with E-state index in [2.05, 4.69) is 197 Å². The summed E-state index contributed by atoms with van der Waals surface area (Å²) in [6.07, 6.45) is 2.18. The van der Waals surface area contributed by atoms with Gasteiger partial charge in [-0.05, 0) is 70.4 Å². The molecule has 0 N–H and O–H groups in total. The van der Waals surface area contributed by atoms with Crippen LogP contribution >= 0.6 is 0 Å². The molecule has 0 fully saturated rings. The summed E-state index contributed by atoms with van der Waals surface area (Å²) in [5.74, 6) is 0.699. The quantitative estimate of drug-likeness (QED) is 0.180. The number of rotatable bonds is 5. The van der Waals surface area contributed by atoms with Gasteiger partial charge in [-0.15, -0.1) is 0 Å². The number of hydrogen-bond acceptors (Lipinski definition) is 2. The second kappa shape index (κ2) is 12.1. The van der Waals surface area contributed by atoms with Crippen LogP contribution in [0.1, 0.15) is 0 Å². The SMILES string of the molecule is c1ccc(-n2ccc3c2ccc2c4ccccc4n(-c4cccc(-c5nc(-c6ccc(-c7cccc8ccccc78)cc6)c6ccccc6n5)c4)c23)cc1. The van der Waals surface area contributed by atoms with Crippen molar-refractivity contribution >= 4 is 54.4 Å². The fraction of sp³-hybridized carbons (Fsp3) is 0. The molecular weight excluding hydrogens is 657 g/mol. The molecule has 4 heteroatoms. The number of aromatic nitrogens is 4. The fourth-order valence-electron chi connectivity index (χ4n) is 8.25. The third-order valence-corrected chi connectivity index (χ3v) is 10.8. The van der Waals surface area contributed by atoms with Gasteiger partial charge in [0.25, 0.3) is 0 Å². The maximum Gasteiger partial charge on any atom is 0.160 e. The smallest absolute Gasteiger partial charge is 0.160 e. The average Bonchev–Trinajstić information content (AvgIpc) is 3.83. The summed E-state index contributed by atoms with van der Waals surface area (Å²) in [6, 6.07) is 66.8. The molecule has 3 heterocycles. The highest BCUT2D eigenvalue weighted by Gasteiger charge is 2.18. The van der Waals surface area contributed by atoms with E-state index in [9.17, 15) is 0 Å². The van der Waals surface area contributed by atoms with Gasteiger partial charge in [-0.3, -0.25) is 0 Å². The van der Waals surface area contributed by atoms with E-state index in [1.807, 2.05) is 6.07 Å². The third kappa shape index (κ3) is 4.78. The zero-order valence-electron chi connectivity index (χ0n) is 29.3.